The van der Waals surface area contributed by atoms with Gasteiger partial charge in [0.1, 0.15) is 5.75 Å². The molecular weight excluding hydrogens is 382 g/mol. The average Bonchev–Trinajstić information content (AvgIpc) is 2.35. The zero-order valence-corrected chi connectivity index (χ0v) is 15.6. The van der Waals surface area contributed by atoms with Crippen LogP contribution in [0.25, 0.3) is 0 Å². The van der Waals surface area contributed by atoms with E-state index in [1.165, 1.54) is 31.2 Å². The van der Waals surface area contributed by atoms with Gasteiger partial charge in [0.05, 0.1) is 8.95 Å². The molecule has 0 aliphatic heterocycles. The van der Waals surface area contributed by atoms with E-state index in [0.717, 1.165) is 15.5 Å². The van der Waals surface area contributed by atoms with Crippen molar-refractivity contribution in [3.05, 3.63) is 26.6 Å². The second kappa shape index (κ2) is 6.37. The summed E-state index contributed by atoms with van der Waals surface area (Å²) >= 11 is 6.80. The Morgan fingerprint density at radius 3 is 2.20 bits per heavy atom. The maximum Gasteiger partial charge on any atom is 0.143 e. The molecule has 0 radical (unpaired) electrons. The van der Waals surface area contributed by atoms with Gasteiger partial charge in [-0.2, -0.15) is 0 Å². The summed E-state index contributed by atoms with van der Waals surface area (Å²) in [6, 6.07) is 4.68. The van der Waals surface area contributed by atoms with E-state index in [9.17, 15) is 5.11 Å². The maximum absolute atomic E-state index is 9.76. The van der Waals surface area contributed by atoms with Gasteiger partial charge in [0.2, 0.25) is 0 Å². The van der Waals surface area contributed by atoms with E-state index in [0.29, 0.717) is 11.5 Å². The fraction of sp³-hybridized carbons (Fsp3) is 0.625. The van der Waals surface area contributed by atoms with Crippen LogP contribution >= 0.6 is 31.9 Å². The van der Waals surface area contributed by atoms with Crippen molar-refractivity contribution >= 4 is 31.9 Å². The molecule has 0 unspecified atom stereocenters. The molecule has 1 fully saturated rings. The molecule has 0 spiro atoms. The monoisotopic (exact) mass is 403 g/mol. The molecule has 1 aliphatic carbocycles. The molecule has 1 aliphatic rings. The number of phenols is 1. The topological polar surface area (TPSA) is 23.5 Å². The molecule has 0 aromatic heterocycles. The summed E-state index contributed by atoms with van der Waals surface area (Å²) in [6.45, 7) is 5.66. The molecule has 1 saturated carbocycles. The minimum atomic E-state index is 0.274. The molecule has 0 heterocycles. The van der Waals surface area contributed by atoms with E-state index >= 15 is 0 Å². The van der Waals surface area contributed by atoms with Gasteiger partial charge in [-0.05, 0) is 87.7 Å². The fourth-order valence-corrected chi connectivity index (χ4v) is 4.23. The van der Waals surface area contributed by atoms with Gasteiger partial charge in [-0.15, -0.1) is 0 Å². The van der Waals surface area contributed by atoms with Crippen LogP contribution in [-0.4, -0.2) is 23.1 Å². The largest absolute Gasteiger partial charge is 0.506 e. The molecule has 0 saturated heterocycles. The Morgan fingerprint density at radius 2 is 1.70 bits per heavy atom. The van der Waals surface area contributed by atoms with Crippen LogP contribution in [0.2, 0.25) is 0 Å². The Morgan fingerprint density at radius 1 is 1.20 bits per heavy atom. The van der Waals surface area contributed by atoms with Gasteiger partial charge in [0, 0.05) is 12.6 Å². The first kappa shape index (κ1) is 16.3. The van der Waals surface area contributed by atoms with Crippen molar-refractivity contribution in [3.8, 4) is 5.75 Å². The van der Waals surface area contributed by atoms with Crippen LogP contribution in [0.1, 0.15) is 45.1 Å². The summed E-state index contributed by atoms with van der Waals surface area (Å²) in [5.74, 6) is 0.274. The number of aromatic hydroxyl groups is 1. The summed E-state index contributed by atoms with van der Waals surface area (Å²) in [5, 5.41) is 9.76. The molecule has 2 nitrogen and oxygen atoms in total. The lowest BCUT2D eigenvalue weighted by molar-refractivity contribution is 0.123. The van der Waals surface area contributed by atoms with Crippen LogP contribution < -0.4 is 0 Å². The average molecular weight is 405 g/mol. The number of phenolic OH excluding ortho intramolecular Hbond substituents is 1. The summed E-state index contributed by atoms with van der Waals surface area (Å²) in [7, 11) is 2.21. The molecule has 0 atom stereocenters. The van der Waals surface area contributed by atoms with Crippen molar-refractivity contribution in [3.63, 3.8) is 0 Å². The first-order valence-corrected chi connectivity index (χ1v) is 8.74. The van der Waals surface area contributed by atoms with Crippen LogP contribution in [0.15, 0.2) is 21.1 Å². The first-order chi connectivity index (χ1) is 9.28. The molecule has 2 rings (SSSR count). The highest BCUT2D eigenvalue weighted by atomic mass is 79.9. The number of halogens is 2. The highest BCUT2D eigenvalue weighted by Crippen LogP contribution is 2.37. The van der Waals surface area contributed by atoms with E-state index in [4.69, 9.17) is 0 Å². The normalized spacial score (nSPS) is 19.5. The second-order valence-electron chi connectivity index (χ2n) is 6.72. The van der Waals surface area contributed by atoms with E-state index in [-0.39, 0.29) is 5.75 Å². The number of rotatable bonds is 3. The quantitative estimate of drug-likeness (QED) is 0.736. The van der Waals surface area contributed by atoms with Gasteiger partial charge >= 0.3 is 0 Å². The van der Waals surface area contributed by atoms with E-state index < -0.39 is 0 Å². The molecule has 20 heavy (non-hydrogen) atoms. The number of hydrogen-bond acceptors (Lipinski definition) is 2. The first-order valence-electron chi connectivity index (χ1n) is 7.16. The van der Waals surface area contributed by atoms with Gasteiger partial charge in [0.15, 0.2) is 0 Å². The summed E-state index contributed by atoms with van der Waals surface area (Å²) in [4.78, 5) is 2.44. The van der Waals surface area contributed by atoms with Crippen molar-refractivity contribution in [2.75, 3.05) is 7.05 Å². The van der Waals surface area contributed by atoms with Gasteiger partial charge in [-0.1, -0.05) is 13.8 Å². The van der Waals surface area contributed by atoms with Crippen molar-refractivity contribution in [1.29, 1.82) is 0 Å². The summed E-state index contributed by atoms with van der Waals surface area (Å²) in [5.41, 5.74) is 1.73. The highest BCUT2D eigenvalue weighted by Gasteiger charge is 2.28. The van der Waals surface area contributed by atoms with Crippen molar-refractivity contribution in [2.24, 2.45) is 5.41 Å². The molecule has 112 valence electrons. The third-order valence-corrected chi connectivity index (χ3v) is 5.65. The predicted octanol–water partition coefficient (Wildman–Crippen LogP) is 5.32. The van der Waals surface area contributed by atoms with Gasteiger partial charge in [-0.25, -0.2) is 0 Å². The molecule has 0 bridgehead atoms. The predicted molar refractivity (Wildman–Crippen MR) is 91.0 cm³/mol. The van der Waals surface area contributed by atoms with Gasteiger partial charge in [-0.3, -0.25) is 4.90 Å². The number of nitrogens with zero attached hydrogens (tertiary/aromatic N) is 1. The van der Waals surface area contributed by atoms with Crippen molar-refractivity contribution in [2.45, 2.75) is 52.1 Å². The number of hydrogen-bond donors (Lipinski definition) is 1. The molecule has 1 aromatic rings. The minimum Gasteiger partial charge on any atom is -0.506 e. The molecule has 1 N–H and O–H groups in total. The lowest BCUT2D eigenvalue weighted by atomic mass is 9.75. The molecule has 0 amide bonds. The van der Waals surface area contributed by atoms with E-state index in [1.54, 1.807) is 0 Å². The number of benzene rings is 1. The highest BCUT2D eigenvalue weighted by molar-refractivity contribution is 9.11. The standard InChI is InChI=1S/C16H23Br2NO/c1-16(2)6-4-12(5-7-16)19(3)10-11-8-13(17)15(20)14(18)9-11/h8-9,12,20H,4-7,10H2,1-3H3. The third-order valence-electron chi connectivity index (χ3n) is 4.44. The van der Waals surface area contributed by atoms with Crippen molar-refractivity contribution in [1.82, 2.24) is 4.90 Å². The second-order valence-corrected chi connectivity index (χ2v) is 8.43. The van der Waals surface area contributed by atoms with Crippen LogP contribution in [0.5, 0.6) is 5.75 Å². The summed E-state index contributed by atoms with van der Waals surface area (Å²) < 4.78 is 1.50. The van der Waals surface area contributed by atoms with Crippen molar-refractivity contribution < 1.29 is 5.11 Å². The maximum atomic E-state index is 9.76. The smallest absolute Gasteiger partial charge is 0.143 e. The van der Waals surface area contributed by atoms with E-state index in [1.807, 2.05) is 12.1 Å². The fourth-order valence-electron chi connectivity index (χ4n) is 2.95. The third kappa shape index (κ3) is 3.99. The Bertz CT molecular complexity index is 454. The Kier molecular flexibility index (Phi) is 5.19. The van der Waals surface area contributed by atoms with Crippen LogP contribution in [0.4, 0.5) is 0 Å². The zero-order chi connectivity index (χ0) is 14.9. The van der Waals surface area contributed by atoms with Crippen LogP contribution in [0.3, 0.4) is 0 Å². The minimum absolute atomic E-state index is 0.274. The molecular formula is C16H23Br2NO. The van der Waals surface area contributed by atoms with Crippen LogP contribution in [-0.2, 0) is 6.54 Å². The Balaban J connectivity index is 2.00. The van der Waals surface area contributed by atoms with Crippen LogP contribution in [0, 0.1) is 5.41 Å². The zero-order valence-electron chi connectivity index (χ0n) is 12.4. The summed E-state index contributed by atoms with van der Waals surface area (Å²) in [6.07, 6.45) is 5.18. The SMILES string of the molecule is CN(Cc1cc(Br)c(O)c(Br)c1)C1CCC(C)(C)CC1. The van der Waals surface area contributed by atoms with Gasteiger partial charge in [0.25, 0.3) is 0 Å². The van der Waals surface area contributed by atoms with E-state index in [2.05, 4.69) is 57.7 Å². The Hall–Kier alpha value is -0.0600. The molecule has 1 aromatic carbocycles. The Labute approximate surface area is 138 Å². The lowest BCUT2D eigenvalue weighted by Crippen LogP contribution is -2.36. The molecule has 4 heteroatoms. The lowest BCUT2D eigenvalue weighted by Gasteiger charge is -2.38. The van der Waals surface area contributed by atoms with Gasteiger partial charge < -0.3 is 5.11 Å².